The van der Waals surface area contributed by atoms with Gasteiger partial charge in [0.25, 0.3) is 0 Å². The zero-order valence-corrected chi connectivity index (χ0v) is 17.4. The fourth-order valence-electron chi connectivity index (χ4n) is 3.61. The van der Waals surface area contributed by atoms with Crippen LogP contribution in [-0.4, -0.2) is 37.6 Å². The maximum atomic E-state index is 12.4. The number of halogens is 1. The number of hydrogen-bond donors (Lipinski definition) is 1. The average molecular weight is 431 g/mol. The summed E-state index contributed by atoms with van der Waals surface area (Å²) in [4.78, 5) is 14.9. The van der Waals surface area contributed by atoms with E-state index in [4.69, 9.17) is 4.74 Å². The van der Waals surface area contributed by atoms with Gasteiger partial charge >= 0.3 is 0 Å². The summed E-state index contributed by atoms with van der Waals surface area (Å²) in [7, 11) is 1.65. The van der Waals surface area contributed by atoms with Crippen molar-refractivity contribution in [2.24, 2.45) is 0 Å². The van der Waals surface area contributed by atoms with Crippen LogP contribution in [0.25, 0.3) is 0 Å². The number of methoxy groups -OCH3 is 1. The van der Waals surface area contributed by atoms with E-state index in [0.717, 1.165) is 28.9 Å². The Bertz CT molecular complexity index is 745. The van der Waals surface area contributed by atoms with Gasteiger partial charge in [-0.25, -0.2) is 0 Å². The van der Waals surface area contributed by atoms with Crippen molar-refractivity contribution in [3.63, 3.8) is 0 Å². The lowest BCUT2D eigenvalue weighted by atomic mass is 10.1. The SMILES string of the molecule is COc1ccc(CCC(=O)NCC(c2ccccc2)N2CCCC2)cc1Br. The lowest BCUT2D eigenvalue weighted by Crippen LogP contribution is -2.36. The van der Waals surface area contributed by atoms with Crippen LogP contribution in [0, 0.1) is 0 Å². The highest BCUT2D eigenvalue weighted by molar-refractivity contribution is 9.10. The summed E-state index contributed by atoms with van der Waals surface area (Å²) in [5.74, 6) is 0.904. The summed E-state index contributed by atoms with van der Waals surface area (Å²) in [5.41, 5.74) is 2.40. The Morgan fingerprint density at radius 2 is 1.93 bits per heavy atom. The zero-order valence-electron chi connectivity index (χ0n) is 15.8. The number of ether oxygens (including phenoxy) is 1. The fraction of sp³-hybridized carbons (Fsp3) is 0.409. The molecule has 0 aromatic heterocycles. The highest BCUT2D eigenvalue weighted by atomic mass is 79.9. The third kappa shape index (κ3) is 5.56. The number of benzene rings is 2. The normalized spacial score (nSPS) is 15.5. The van der Waals surface area contributed by atoms with Crippen LogP contribution in [0.3, 0.4) is 0 Å². The quantitative estimate of drug-likeness (QED) is 0.676. The molecule has 1 amide bonds. The Morgan fingerprint density at radius 1 is 1.19 bits per heavy atom. The van der Waals surface area contributed by atoms with Crippen LogP contribution in [0.4, 0.5) is 0 Å². The van der Waals surface area contributed by atoms with Crippen LogP contribution in [0.1, 0.15) is 36.4 Å². The van der Waals surface area contributed by atoms with Gasteiger partial charge in [-0.1, -0.05) is 36.4 Å². The summed E-state index contributed by atoms with van der Waals surface area (Å²) >= 11 is 3.50. The van der Waals surface area contributed by atoms with E-state index >= 15 is 0 Å². The molecule has 1 saturated heterocycles. The second kappa shape index (κ2) is 9.90. The Labute approximate surface area is 170 Å². The first-order valence-corrected chi connectivity index (χ1v) is 10.3. The Kier molecular flexibility index (Phi) is 7.30. The molecule has 0 bridgehead atoms. The Balaban J connectivity index is 1.54. The van der Waals surface area contributed by atoms with Gasteiger partial charge in [0.1, 0.15) is 5.75 Å². The molecule has 1 fully saturated rings. The molecule has 3 rings (SSSR count). The smallest absolute Gasteiger partial charge is 0.220 e. The van der Waals surface area contributed by atoms with Crippen molar-refractivity contribution in [3.05, 3.63) is 64.1 Å². The molecule has 0 saturated carbocycles. The van der Waals surface area contributed by atoms with Gasteiger partial charge in [-0.15, -0.1) is 0 Å². The van der Waals surface area contributed by atoms with E-state index < -0.39 is 0 Å². The third-order valence-electron chi connectivity index (χ3n) is 5.12. The van der Waals surface area contributed by atoms with Crippen LogP contribution in [0.5, 0.6) is 5.75 Å². The number of nitrogens with one attached hydrogen (secondary N) is 1. The first kappa shape index (κ1) is 19.9. The van der Waals surface area contributed by atoms with E-state index in [1.807, 2.05) is 24.3 Å². The predicted octanol–water partition coefficient (Wildman–Crippen LogP) is 4.34. The van der Waals surface area contributed by atoms with Gasteiger partial charge < -0.3 is 10.1 Å². The standard InChI is InChI=1S/C22H27BrN2O2/c1-27-21-11-9-17(15-19(21)23)10-12-22(26)24-16-20(25-13-5-6-14-25)18-7-3-2-4-8-18/h2-4,7-9,11,15,20H,5-6,10,12-14,16H2,1H3,(H,24,26). The molecule has 4 nitrogen and oxygen atoms in total. The van der Waals surface area contributed by atoms with Gasteiger partial charge in [0.05, 0.1) is 17.6 Å². The van der Waals surface area contributed by atoms with Crippen LogP contribution in [-0.2, 0) is 11.2 Å². The summed E-state index contributed by atoms with van der Waals surface area (Å²) in [5, 5.41) is 3.15. The van der Waals surface area contributed by atoms with E-state index in [9.17, 15) is 4.79 Å². The van der Waals surface area contributed by atoms with Crippen LogP contribution >= 0.6 is 15.9 Å². The summed E-state index contributed by atoms with van der Waals surface area (Å²) in [6.45, 7) is 2.87. The number of amides is 1. The van der Waals surface area contributed by atoms with E-state index in [1.54, 1.807) is 7.11 Å². The molecule has 1 N–H and O–H groups in total. The van der Waals surface area contributed by atoms with E-state index in [2.05, 4.69) is 50.4 Å². The van der Waals surface area contributed by atoms with Gasteiger partial charge in [0.2, 0.25) is 5.91 Å². The Morgan fingerprint density at radius 3 is 2.59 bits per heavy atom. The molecule has 1 aliphatic heterocycles. The highest BCUT2D eigenvalue weighted by Crippen LogP contribution is 2.26. The van der Waals surface area contributed by atoms with E-state index in [0.29, 0.717) is 19.4 Å². The molecule has 1 atom stereocenters. The van der Waals surface area contributed by atoms with Crippen molar-refractivity contribution in [3.8, 4) is 5.75 Å². The van der Waals surface area contributed by atoms with Gasteiger partial charge in [-0.2, -0.15) is 0 Å². The van der Waals surface area contributed by atoms with Gasteiger partial charge in [-0.05, 0) is 71.5 Å². The minimum Gasteiger partial charge on any atom is -0.496 e. The van der Waals surface area contributed by atoms with E-state index in [-0.39, 0.29) is 11.9 Å². The lowest BCUT2D eigenvalue weighted by Gasteiger charge is -2.28. The number of hydrogen-bond acceptors (Lipinski definition) is 3. The molecule has 5 heteroatoms. The van der Waals surface area contributed by atoms with Gasteiger partial charge in [-0.3, -0.25) is 9.69 Å². The molecule has 2 aromatic carbocycles. The number of likely N-dealkylation sites (tertiary alicyclic amines) is 1. The summed E-state index contributed by atoms with van der Waals surface area (Å²) in [6, 6.07) is 16.7. The molecule has 144 valence electrons. The molecule has 0 radical (unpaired) electrons. The van der Waals surface area contributed by atoms with Crippen molar-refractivity contribution in [2.75, 3.05) is 26.7 Å². The highest BCUT2D eigenvalue weighted by Gasteiger charge is 2.23. The first-order valence-electron chi connectivity index (χ1n) is 9.55. The van der Waals surface area contributed by atoms with Crippen molar-refractivity contribution < 1.29 is 9.53 Å². The van der Waals surface area contributed by atoms with Gasteiger partial charge in [0, 0.05) is 13.0 Å². The second-order valence-corrected chi connectivity index (χ2v) is 7.80. The summed E-state index contributed by atoms with van der Waals surface area (Å²) in [6.07, 6.45) is 3.68. The minimum absolute atomic E-state index is 0.0991. The second-order valence-electron chi connectivity index (χ2n) is 6.94. The number of nitrogens with zero attached hydrogens (tertiary/aromatic N) is 1. The molecular weight excluding hydrogens is 404 g/mol. The molecule has 27 heavy (non-hydrogen) atoms. The average Bonchev–Trinajstić information content (AvgIpc) is 3.22. The number of carbonyl (C=O) groups is 1. The van der Waals surface area contributed by atoms with Crippen molar-refractivity contribution >= 4 is 21.8 Å². The van der Waals surface area contributed by atoms with Crippen LogP contribution < -0.4 is 10.1 Å². The van der Waals surface area contributed by atoms with Crippen molar-refractivity contribution in [1.82, 2.24) is 10.2 Å². The lowest BCUT2D eigenvalue weighted by molar-refractivity contribution is -0.121. The number of rotatable bonds is 8. The maximum Gasteiger partial charge on any atom is 0.220 e. The number of aryl methyl sites for hydroxylation is 1. The molecule has 0 spiro atoms. The topological polar surface area (TPSA) is 41.6 Å². The molecular formula is C22H27BrN2O2. The zero-order chi connectivity index (χ0) is 19.1. The first-order chi connectivity index (χ1) is 13.2. The minimum atomic E-state index is 0.0991. The largest absolute Gasteiger partial charge is 0.496 e. The fourth-order valence-corrected chi connectivity index (χ4v) is 4.20. The number of carbonyl (C=O) groups excluding carboxylic acids is 1. The monoisotopic (exact) mass is 430 g/mol. The Hall–Kier alpha value is -1.85. The van der Waals surface area contributed by atoms with Crippen LogP contribution in [0.15, 0.2) is 53.0 Å². The van der Waals surface area contributed by atoms with Crippen molar-refractivity contribution in [1.29, 1.82) is 0 Å². The summed E-state index contributed by atoms with van der Waals surface area (Å²) < 4.78 is 6.17. The molecule has 1 aliphatic rings. The molecule has 2 aromatic rings. The van der Waals surface area contributed by atoms with E-state index in [1.165, 1.54) is 18.4 Å². The van der Waals surface area contributed by atoms with Crippen molar-refractivity contribution in [2.45, 2.75) is 31.7 Å². The predicted molar refractivity (Wildman–Crippen MR) is 112 cm³/mol. The van der Waals surface area contributed by atoms with Crippen LogP contribution in [0.2, 0.25) is 0 Å². The maximum absolute atomic E-state index is 12.4. The molecule has 0 aliphatic carbocycles. The molecule has 1 unspecified atom stereocenters. The third-order valence-corrected chi connectivity index (χ3v) is 5.74. The van der Waals surface area contributed by atoms with Gasteiger partial charge in [0.15, 0.2) is 0 Å². The molecule has 1 heterocycles.